The summed E-state index contributed by atoms with van der Waals surface area (Å²) in [5.41, 5.74) is 0. The number of rotatable bonds is 1. The molecule has 0 aromatic carbocycles. The average Bonchev–Trinajstić information content (AvgIpc) is 2.34. The lowest BCUT2D eigenvalue weighted by atomic mass is 10.0. The molecule has 1 rings (SSSR count). The van der Waals surface area contributed by atoms with Crippen LogP contribution in [0.1, 0.15) is 51.9 Å². The quantitative estimate of drug-likeness (QED) is 0.566. The molecule has 0 radical (unpaired) electrons. The summed E-state index contributed by atoms with van der Waals surface area (Å²) in [6.45, 7) is 1.35. The predicted octanol–water partition coefficient (Wildman–Crippen LogP) is 3.94. The largest absolute Gasteiger partial charge is 0.483 e. The van der Waals surface area contributed by atoms with E-state index >= 15 is 0 Å². The Morgan fingerprint density at radius 3 is 1.29 bits per heavy atom. The van der Waals surface area contributed by atoms with Gasteiger partial charge in [-0.3, -0.25) is 9.59 Å². The van der Waals surface area contributed by atoms with Gasteiger partial charge in [-0.25, -0.2) is 0 Å². The molecule has 104 valence electrons. The topological polar surface area (TPSA) is 74.6 Å². The van der Waals surface area contributed by atoms with Crippen LogP contribution in [0.5, 0.6) is 0 Å². The highest BCUT2D eigenvalue weighted by atomic mass is 35.5. The van der Waals surface area contributed by atoms with Crippen molar-refractivity contribution in [1.82, 2.24) is 0 Å². The third kappa shape index (κ3) is 50.2. The van der Waals surface area contributed by atoms with Gasteiger partial charge in [-0.1, -0.05) is 45.4 Å². The fourth-order valence-corrected chi connectivity index (χ4v) is 1.06. The zero-order valence-electron chi connectivity index (χ0n) is 10.2. The number of aliphatic carboxylic acids is 1. The molecule has 0 aromatic heterocycles. The molecular weight excluding hydrogens is 267 g/mol. The second-order valence-electron chi connectivity index (χ2n) is 3.08. The first-order valence-electron chi connectivity index (χ1n) is 5.52. The molecule has 0 saturated heterocycles. The van der Waals surface area contributed by atoms with Crippen LogP contribution in [0.15, 0.2) is 0 Å². The molecule has 1 aliphatic carbocycles. The van der Waals surface area contributed by atoms with Gasteiger partial charge in [0.1, 0.15) is 0 Å². The van der Waals surface area contributed by atoms with Gasteiger partial charge in [0, 0.05) is 6.42 Å². The predicted molar refractivity (Wildman–Crippen MR) is 70.9 cm³/mol. The maximum atomic E-state index is 9.37. The number of carboxylic acid groups (broad SMARTS) is 2. The Kier molecular flexibility index (Phi) is 31.6. The van der Waals surface area contributed by atoms with E-state index in [0.29, 0.717) is 0 Å². The van der Waals surface area contributed by atoms with Crippen LogP contribution in [0, 0.1) is 0 Å². The van der Waals surface area contributed by atoms with E-state index in [0.717, 1.165) is 0 Å². The van der Waals surface area contributed by atoms with Crippen LogP contribution in [0.25, 0.3) is 0 Å². The molecule has 17 heavy (non-hydrogen) atoms. The van der Waals surface area contributed by atoms with E-state index in [2.05, 4.69) is 0 Å². The van der Waals surface area contributed by atoms with E-state index in [4.69, 9.17) is 38.2 Å². The molecule has 0 amide bonds. The second kappa shape index (κ2) is 24.7. The third-order valence-electron chi connectivity index (χ3n) is 1.80. The second-order valence-corrected chi connectivity index (χ2v) is 3.88. The standard InChI is InChI=1S/C6H12.C3H6O2.CH2Cl2.CH2O2/c1-2-4-6-5-3-1;1-2-3(4)5;2*2-1-3/h1-6H2;2H2,1H3,(H,4,5);1H2;1H,(H,2,3). The first-order chi connectivity index (χ1) is 8.10. The van der Waals surface area contributed by atoms with Gasteiger partial charge in [0.05, 0.1) is 5.34 Å². The van der Waals surface area contributed by atoms with Gasteiger partial charge in [0.15, 0.2) is 0 Å². The van der Waals surface area contributed by atoms with Crippen molar-refractivity contribution in [3.05, 3.63) is 0 Å². The van der Waals surface area contributed by atoms with Crippen LogP contribution in [0.2, 0.25) is 0 Å². The molecular formula is C11H22Cl2O4. The average molecular weight is 289 g/mol. The molecule has 1 fully saturated rings. The van der Waals surface area contributed by atoms with Crippen molar-refractivity contribution >= 4 is 35.6 Å². The van der Waals surface area contributed by atoms with Crippen molar-refractivity contribution < 1.29 is 19.8 Å². The molecule has 1 saturated carbocycles. The fraction of sp³-hybridized carbons (Fsp3) is 0.818. The van der Waals surface area contributed by atoms with Crippen molar-refractivity contribution in [2.75, 3.05) is 5.34 Å². The summed E-state index contributed by atoms with van der Waals surface area (Å²) in [5, 5.41) is 14.8. The highest BCUT2D eigenvalue weighted by Crippen LogP contribution is 2.15. The van der Waals surface area contributed by atoms with Crippen LogP contribution in [-0.2, 0) is 9.59 Å². The van der Waals surface area contributed by atoms with Crippen LogP contribution in [-0.4, -0.2) is 28.0 Å². The molecule has 0 aromatic rings. The molecule has 0 aliphatic heterocycles. The maximum absolute atomic E-state index is 9.37. The van der Waals surface area contributed by atoms with Gasteiger partial charge >= 0.3 is 5.97 Å². The molecule has 6 heteroatoms. The van der Waals surface area contributed by atoms with Crippen LogP contribution in [0.3, 0.4) is 0 Å². The highest BCUT2D eigenvalue weighted by molar-refractivity contribution is 6.40. The first kappa shape index (κ1) is 21.8. The van der Waals surface area contributed by atoms with Crippen LogP contribution < -0.4 is 0 Å². The van der Waals surface area contributed by atoms with Crippen molar-refractivity contribution in [3.8, 4) is 0 Å². The number of halogens is 2. The Hall–Kier alpha value is -0.480. The zero-order chi connectivity index (χ0) is 13.9. The van der Waals surface area contributed by atoms with Gasteiger partial charge in [-0.2, -0.15) is 0 Å². The maximum Gasteiger partial charge on any atom is 0.303 e. The van der Waals surface area contributed by atoms with E-state index < -0.39 is 5.97 Å². The smallest absolute Gasteiger partial charge is 0.303 e. The number of hydrogen-bond donors (Lipinski definition) is 2. The monoisotopic (exact) mass is 288 g/mol. The number of hydrogen-bond acceptors (Lipinski definition) is 2. The van der Waals surface area contributed by atoms with Gasteiger partial charge < -0.3 is 10.2 Å². The summed E-state index contributed by atoms with van der Waals surface area (Å²) >= 11 is 9.53. The van der Waals surface area contributed by atoms with E-state index in [1.54, 1.807) is 6.92 Å². The van der Waals surface area contributed by atoms with Crippen LogP contribution >= 0.6 is 23.2 Å². The fourth-order valence-electron chi connectivity index (χ4n) is 1.06. The summed E-state index contributed by atoms with van der Waals surface area (Å²) in [5.74, 6) is -0.745. The molecule has 0 spiro atoms. The van der Waals surface area contributed by atoms with E-state index in [1.165, 1.54) is 38.5 Å². The van der Waals surface area contributed by atoms with E-state index in [-0.39, 0.29) is 18.2 Å². The minimum Gasteiger partial charge on any atom is -0.483 e. The van der Waals surface area contributed by atoms with Crippen molar-refractivity contribution in [2.45, 2.75) is 51.9 Å². The lowest BCUT2D eigenvalue weighted by molar-refractivity contribution is -0.136. The summed E-state index contributed by atoms with van der Waals surface area (Å²) < 4.78 is 0. The number of alkyl halides is 2. The Morgan fingerprint density at radius 2 is 1.24 bits per heavy atom. The van der Waals surface area contributed by atoms with Gasteiger partial charge in [-0.15, -0.1) is 23.2 Å². The van der Waals surface area contributed by atoms with Crippen LogP contribution in [0.4, 0.5) is 0 Å². The molecule has 0 atom stereocenters. The Balaban J connectivity index is -0.000000163. The Morgan fingerprint density at radius 1 is 1.12 bits per heavy atom. The lowest BCUT2D eigenvalue weighted by Crippen LogP contribution is -1.86. The van der Waals surface area contributed by atoms with Crippen molar-refractivity contribution in [2.24, 2.45) is 0 Å². The summed E-state index contributed by atoms with van der Waals surface area (Å²) in [4.78, 5) is 17.7. The normalized spacial score (nSPS) is 12.4. The van der Waals surface area contributed by atoms with Crippen molar-refractivity contribution in [3.63, 3.8) is 0 Å². The SMILES string of the molecule is C1CCCCC1.CCC(=O)O.ClCCl.O=CO. The minimum atomic E-state index is -0.745. The minimum absolute atomic E-state index is 0.194. The van der Waals surface area contributed by atoms with E-state index in [1.807, 2.05) is 0 Å². The summed E-state index contributed by atoms with van der Waals surface area (Å²) in [7, 11) is 0. The number of carbonyl (C=O) groups is 2. The molecule has 0 unspecified atom stereocenters. The molecule has 1 aliphatic rings. The lowest BCUT2D eigenvalue weighted by Gasteiger charge is -2.05. The molecule has 4 nitrogen and oxygen atoms in total. The van der Waals surface area contributed by atoms with Crippen molar-refractivity contribution in [1.29, 1.82) is 0 Å². The molecule has 0 heterocycles. The number of carboxylic acids is 1. The first-order valence-corrected chi connectivity index (χ1v) is 6.59. The molecule has 2 N–H and O–H groups in total. The Bertz CT molecular complexity index is 139. The highest BCUT2D eigenvalue weighted by Gasteiger charge is 1.95. The third-order valence-corrected chi connectivity index (χ3v) is 1.80. The van der Waals surface area contributed by atoms with E-state index in [9.17, 15) is 4.79 Å². The zero-order valence-corrected chi connectivity index (χ0v) is 11.7. The molecule has 0 bridgehead atoms. The summed E-state index contributed by atoms with van der Waals surface area (Å²) in [6, 6.07) is 0. The van der Waals surface area contributed by atoms with Gasteiger partial charge in [-0.05, 0) is 0 Å². The van der Waals surface area contributed by atoms with Gasteiger partial charge in [0.2, 0.25) is 0 Å². The Labute approximate surface area is 113 Å². The van der Waals surface area contributed by atoms with Gasteiger partial charge in [0.25, 0.3) is 6.47 Å². The summed E-state index contributed by atoms with van der Waals surface area (Å²) in [6.07, 6.45) is 9.22.